The van der Waals surface area contributed by atoms with Crippen molar-refractivity contribution in [2.75, 3.05) is 21.7 Å². The van der Waals surface area contributed by atoms with Crippen molar-refractivity contribution >= 4 is 75.5 Å². The Labute approximate surface area is 447 Å². The Morgan fingerprint density at radius 1 is 0.600 bits per heavy atom. The lowest BCUT2D eigenvalue weighted by atomic mass is 9.96. The summed E-state index contributed by atoms with van der Waals surface area (Å²) in [6.07, 6.45) is 16.4. The predicted octanol–water partition coefficient (Wildman–Crippen LogP) is 11.7. The number of allylic oxidation sites excluding steroid dienone is 2. The fraction of sp³-hybridized carbons (Fsp3) is 0.339. The lowest BCUT2D eigenvalue weighted by Gasteiger charge is -2.39. The Bertz CT molecular complexity index is 3200. The van der Waals surface area contributed by atoms with Crippen molar-refractivity contribution in [2.24, 2.45) is 0 Å². The number of anilines is 4. The van der Waals surface area contributed by atoms with Crippen molar-refractivity contribution in [1.82, 2.24) is 29.7 Å². The quantitative estimate of drug-likeness (QED) is 0.101. The smallest absolute Gasteiger partial charge is 0.412 e. The number of aromatic nitrogens is 4. The molecule has 4 fully saturated rings. The zero-order valence-electron chi connectivity index (χ0n) is 42.2. The van der Waals surface area contributed by atoms with Crippen LogP contribution in [0.3, 0.4) is 0 Å². The summed E-state index contributed by atoms with van der Waals surface area (Å²) in [7, 11) is 0. The fourth-order valence-electron chi connectivity index (χ4n) is 11.9. The van der Waals surface area contributed by atoms with E-state index in [-0.39, 0.29) is 48.1 Å². The number of nitrogens with one attached hydrogen (secondary N) is 3. The molecule has 16 heteroatoms. The molecule has 4 aromatic carbocycles. The van der Waals surface area contributed by atoms with Gasteiger partial charge in [-0.15, -0.1) is 0 Å². The molecule has 0 radical (unpaired) electrons. The molecule has 384 valence electrons. The summed E-state index contributed by atoms with van der Waals surface area (Å²) in [6.45, 7) is 5.44. The van der Waals surface area contributed by atoms with Gasteiger partial charge in [0.2, 0.25) is 11.9 Å². The summed E-state index contributed by atoms with van der Waals surface area (Å²) in [5.74, 6) is 1.28. The van der Waals surface area contributed by atoms with Gasteiger partial charge in [-0.25, -0.2) is 24.7 Å². The maximum absolute atomic E-state index is 13.5. The summed E-state index contributed by atoms with van der Waals surface area (Å²) in [5.41, 5.74) is 16.3. The second kappa shape index (κ2) is 20.8. The van der Waals surface area contributed by atoms with Gasteiger partial charge in [0.25, 0.3) is 11.8 Å². The second-order valence-electron chi connectivity index (χ2n) is 21.4. The molecule has 2 unspecified atom stereocenters. The number of halogens is 2. The van der Waals surface area contributed by atoms with Gasteiger partial charge in [0.1, 0.15) is 5.60 Å². The number of hydrogen-bond donors (Lipinski definition) is 4. The van der Waals surface area contributed by atoms with E-state index < -0.39 is 11.7 Å². The molecule has 3 amide bonds. The Hall–Kier alpha value is -7.29. The first-order chi connectivity index (χ1) is 36.2. The van der Waals surface area contributed by atoms with Crippen LogP contribution in [0.15, 0.2) is 122 Å². The number of nitrogens with two attached hydrogens (primary N) is 1. The second-order valence-corrected chi connectivity index (χ2v) is 22.2. The van der Waals surface area contributed by atoms with Crippen molar-refractivity contribution in [3.63, 3.8) is 0 Å². The molecule has 6 aromatic rings. The zero-order valence-corrected chi connectivity index (χ0v) is 43.7. The third kappa shape index (κ3) is 10.7. The molecular weight excluding hydrogens is 984 g/mol. The first kappa shape index (κ1) is 49.9. The number of hydrogen-bond acceptors (Lipinski definition) is 11. The van der Waals surface area contributed by atoms with Gasteiger partial charge in [-0.3, -0.25) is 14.9 Å². The number of nitrogen functional groups attached to an aromatic ring is 1. The summed E-state index contributed by atoms with van der Waals surface area (Å²) in [5, 5.41) is 10.9. The molecule has 6 atom stereocenters. The van der Waals surface area contributed by atoms with Crippen LogP contribution in [-0.2, 0) is 17.6 Å². The fourth-order valence-corrected chi connectivity index (χ4v) is 12.3. The van der Waals surface area contributed by atoms with Crippen molar-refractivity contribution < 1.29 is 19.1 Å². The van der Waals surface area contributed by atoms with Crippen LogP contribution in [0.2, 0.25) is 10.0 Å². The molecule has 5 N–H and O–H groups in total. The molecule has 4 bridgehead atoms. The molecule has 2 aromatic heterocycles. The van der Waals surface area contributed by atoms with Crippen LogP contribution in [0, 0.1) is 0 Å². The topological polar surface area (TPSA) is 181 Å². The minimum atomic E-state index is -0.581. The molecule has 6 heterocycles. The van der Waals surface area contributed by atoms with Gasteiger partial charge in [-0.1, -0.05) is 83.9 Å². The lowest BCUT2D eigenvalue weighted by molar-refractivity contribution is 0.0574. The average molecular weight is 1040 g/mol. The highest BCUT2D eigenvalue weighted by Gasteiger charge is 2.45. The number of fused-ring (bicyclic) bond motifs is 6. The van der Waals surface area contributed by atoms with E-state index in [1.54, 1.807) is 48.8 Å². The predicted molar refractivity (Wildman–Crippen MR) is 295 cm³/mol. The molecule has 75 heavy (non-hydrogen) atoms. The molecule has 4 aliphatic heterocycles. The van der Waals surface area contributed by atoms with Crippen molar-refractivity contribution in [1.29, 1.82) is 0 Å². The first-order valence-electron chi connectivity index (χ1n) is 26.0. The van der Waals surface area contributed by atoms with Crippen LogP contribution >= 0.6 is 23.2 Å². The van der Waals surface area contributed by atoms with Gasteiger partial charge in [0, 0.05) is 69.9 Å². The lowest BCUT2D eigenvalue weighted by Crippen LogP contribution is -2.49. The number of carbonyl (C=O) groups is 3. The Balaban J connectivity index is 0.000000163. The largest absolute Gasteiger partial charge is 0.444 e. The molecular formula is C59H60Cl2N10O4. The minimum absolute atomic E-state index is 0.0247. The zero-order chi connectivity index (χ0) is 52.0. The van der Waals surface area contributed by atoms with Crippen molar-refractivity contribution in [3.8, 4) is 0 Å². The van der Waals surface area contributed by atoms with Gasteiger partial charge < -0.3 is 30.9 Å². The number of nitrogens with zero attached hydrogens (tertiary/aromatic N) is 6. The normalized spacial score (nSPS) is 22.0. The van der Waals surface area contributed by atoms with Gasteiger partial charge in [0.15, 0.2) is 0 Å². The third-order valence-electron chi connectivity index (χ3n) is 15.2. The molecule has 6 aliphatic rings. The van der Waals surface area contributed by atoms with E-state index in [0.717, 1.165) is 92.3 Å². The van der Waals surface area contributed by atoms with Crippen LogP contribution in [0.25, 0.3) is 11.1 Å². The van der Waals surface area contributed by atoms with E-state index in [0.29, 0.717) is 44.4 Å². The van der Waals surface area contributed by atoms with Crippen LogP contribution < -0.4 is 21.7 Å². The molecule has 12 rings (SSSR count). The van der Waals surface area contributed by atoms with Crippen molar-refractivity contribution in [3.05, 3.63) is 176 Å². The van der Waals surface area contributed by atoms with Crippen LogP contribution in [-0.4, -0.2) is 89.5 Å². The summed E-state index contributed by atoms with van der Waals surface area (Å²) in [4.78, 5) is 61.5. The molecule has 4 saturated heterocycles. The highest BCUT2D eigenvalue weighted by atomic mass is 35.5. The van der Waals surface area contributed by atoms with Gasteiger partial charge >= 0.3 is 6.09 Å². The molecule has 14 nitrogen and oxygen atoms in total. The number of rotatable bonds is 9. The van der Waals surface area contributed by atoms with E-state index in [4.69, 9.17) is 43.6 Å². The van der Waals surface area contributed by atoms with Gasteiger partial charge in [-0.05, 0) is 156 Å². The number of amides is 3. The van der Waals surface area contributed by atoms with E-state index in [1.165, 1.54) is 16.7 Å². The highest BCUT2D eigenvalue weighted by Crippen LogP contribution is 2.41. The summed E-state index contributed by atoms with van der Waals surface area (Å²) >= 11 is 13.1. The summed E-state index contributed by atoms with van der Waals surface area (Å²) < 4.78 is 5.31. The Morgan fingerprint density at radius 2 is 1.01 bits per heavy atom. The molecule has 0 saturated carbocycles. The number of carbonyl (C=O) groups excluding carboxylic acids is 3. The SMILES string of the molecule is CC(C)(C)OC(=O)Nc1ccc(C(=O)N2[C@@H]3CC[C@H]2CC(Nc2ncc(Cl)c(C4=CCc5ccccc54)n2)C3)cc1.Nc1ccc(C(=O)N2[C@@H]3CC[C@H]2CC(Nc2ncc(Cl)c(C4=CCc5ccccc54)n2)C3)cc1. The van der Waals surface area contributed by atoms with Crippen LogP contribution in [0.5, 0.6) is 0 Å². The Kier molecular flexibility index (Phi) is 13.8. The summed E-state index contributed by atoms with van der Waals surface area (Å²) in [6, 6.07) is 32.0. The van der Waals surface area contributed by atoms with Crippen LogP contribution in [0.1, 0.15) is 126 Å². The van der Waals surface area contributed by atoms with Gasteiger partial charge in [0.05, 0.1) is 33.8 Å². The third-order valence-corrected chi connectivity index (χ3v) is 15.8. The minimum Gasteiger partial charge on any atom is -0.444 e. The molecule has 0 spiro atoms. The monoisotopic (exact) mass is 1040 g/mol. The van der Waals surface area contributed by atoms with E-state index in [1.807, 2.05) is 49.9 Å². The van der Waals surface area contributed by atoms with Crippen molar-refractivity contribution in [2.45, 2.75) is 127 Å². The van der Waals surface area contributed by atoms with E-state index >= 15 is 0 Å². The maximum Gasteiger partial charge on any atom is 0.412 e. The first-order valence-corrected chi connectivity index (χ1v) is 26.7. The van der Waals surface area contributed by atoms with E-state index in [9.17, 15) is 14.4 Å². The number of piperidine rings is 2. The van der Waals surface area contributed by atoms with Crippen LogP contribution in [0.4, 0.5) is 28.1 Å². The Morgan fingerprint density at radius 3 is 1.44 bits per heavy atom. The standard InChI is InChI=1S/C32H34ClN5O3.C27H26ClN5O/c1-32(2,3)41-31(40)36-21-11-8-20(9-12-21)29(39)38-23-13-14-24(38)17-22(16-23)35-30-34-18-27(33)28(37-30)26-15-10-19-6-4-5-7-25(19)26;28-24-15-30-27(32-25(24)23-12-7-16-3-1-2-4-22(16)23)31-19-13-20-10-11-21(14-19)33(20)26(34)17-5-8-18(29)9-6-17/h4-9,11-12,15,18,22-24H,10,13-14,16-17H2,1-3H3,(H,36,40)(H,34,35,37);1-6,8-9,12,15,19-21H,7,10-11,13-14,29H2,(H,30,31,32)/t22?,23-,24+;19?,20-,21+. The number of ether oxygens (including phenoxy) is 1. The maximum atomic E-state index is 13.5. The van der Waals surface area contributed by atoms with Gasteiger partial charge in [-0.2, -0.15) is 0 Å². The average Bonchev–Trinajstić information content (AvgIpc) is 4.17. The number of benzene rings is 4. The van der Waals surface area contributed by atoms with E-state index in [2.05, 4.69) is 79.4 Å². The molecule has 2 aliphatic carbocycles. The highest BCUT2D eigenvalue weighted by molar-refractivity contribution is 6.32.